The van der Waals surface area contributed by atoms with Gasteiger partial charge in [0.2, 0.25) is 0 Å². The van der Waals surface area contributed by atoms with E-state index >= 15 is 0 Å². The summed E-state index contributed by atoms with van der Waals surface area (Å²) in [6.07, 6.45) is 1.29. The number of aliphatic hydroxyl groups is 1. The quantitative estimate of drug-likeness (QED) is 0.892. The average Bonchev–Trinajstić information content (AvgIpc) is 2.46. The molecule has 1 unspecified atom stereocenters. The van der Waals surface area contributed by atoms with E-state index in [2.05, 4.69) is 0 Å². The number of ether oxygens (including phenoxy) is 3. The largest absolute Gasteiger partial charge is 0.497 e. The minimum atomic E-state index is -0.488. The first kappa shape index (κ1) is 13.2. The molecule has 0 bridgehead atoms. The second-order valence-corrected chi connectivity index (χ2v) is 4.54. The molecule has 0 amide bonds. The predicted molar refractivity (Wildman–Crippen MR) is 68.0 cm³/mol. The molecule has 0 radical (unpaired) electrons. The molecule has 18 heavy (non-hydrogen) atoms. The van der Waals surface area contributed by atoms with Crippen LogP contribution in [0.5, 0.6) is 11.5 Å². The van der Waals surface area contributed by atoms with Crippen molar-refractivity contribution in [3.63, 3.8) is 0 Å². The van der Waals surface area contributed by atoms with Gasteiger partial charge in [0, 0.05) is 19.3 Å². The fraction of sp³-hybridized carbons (Fsp3) is 0.571. The lowest BCUT2D eigenvalue weighted by atomic mass is 9.89. The van der Waals surface area contributed by atoms with E-state index in [1.165, 1.54) is 0 Å². The Labute approximate surface area is 107 Å². The van der Waals surface area contributed by atoms with Crippen LogP contribution in [-0.4, -0.2) is 32.5 Å². The summed E-state index contributed by atoms with van der Waals surface area (Å²) in [4.78, 5) is 0. The van der Waals surface area contributed by atoms with Crippen molar-refractivity contribution in [2.75, 3.05) is 27.4 Å². The molecule has 100 valence electrons. The van der Waals surface area contributed by atoms with Crippen molar-refractivity contribution in [1.82, 2.24) is 0 Å². The maximum Gasteiger partial charge on any atom is 0.122 e. The van der Waals surface area contributed by atoms with Crippen molar-refractivity contribution in [1.29, 1.82) is 0 Å². The smallest absolute Gasteiger partial charge is 0.122 e. The highest BCUT2D eigenvalue weighted by Gasteiger charge is 2.24. The fourth-order valence-corrected chi connectivity index (χ4v) is 2.30. The van der Waals surface area contributed by atoms with Crippen LogP contribution in [0.2, 0.25) is 0 Å². The summed E-state index contributed by atoms with van der Waals surface area (Å²) in [7, 11) is 3.22. The highest BCUT2D eigenvalue weighted by molar-refractivity contribution is 5.39. The zero-order valence-electron chi connectivity index (χ0n) is 10.9. The zero-order valence-corrected chi connectivity index (χ0v) is 10.9. The van der Waals surface area contributed by atoms with Gasteiger partial charge < -0.3 is 19.3 Å². The fourth-order valence-electron chi connectivity index (χ4n) is 2.30. The van der Waals surface area contributed by atoms with Gasteiger partial charge in [0.25, 0.3) is 0 Å². The molecule has 1 heterocycles. The van der Waals surface area contributed by atoms with Crippen molar-refractivity contribution < 1.29 is 19.3 Å². The molecule has 4 heteroatoms. The van der Waals surface area contributed by atoms with Gasteiger partial charge in [0.1, 0.15) is 11.5 Å². The molecule has 0 aliphatic carbocycles. The second-order valence-electron chi connectivity index (χ2n) is 4.54. The first-order chi connectivity index (χ1) is 8.74. The van der Waals surface area contributed by atoms with E-state index in [0.717, 1.165) is 31.6 Å². The van der Waals surface area contributed by atoms with Crippen LogP contribution >= 0.6 is 0 Å². The van der Waals surface area contributed by atoms with E-state index in [1.807, 2.05) is 12.1 Å². The first-order valence-electron chi connectivity index (χ1n) is 6.23. The van der Waals surface area contributed by atoms with Gasteiger partial charge in [-0.25, -0.2) is 0 Å². The molecular formula is C14H20O4. The van der Waals surface area contributed by atoms with Crippen LogP contribution in [-0.2, 0) is 4.74 Å². The summed E-state index contributed by atoms with van der Waals surface area (Å²) >= 11 is 0. The number of benzene rings is 1. The third-order valence-corrected chi connectivity index (χ3v) is 3.43. The molecule has 1 aromatic carbocycles. The maximum absolute atomic E-state index is 10.4. The van der Waals surface area contributed by atoms with Gasteiger partial charge in [-0.05, 0) is 36.5 Å². The van der Waals surface area contributed by atoms with Crippen LogP contribution in [0.15, 0.2) is 18.2 Å². The molecule has 1 fully saturated rings. The lowest BCUT2D eigenvalue weighted by Gasteiger charge is -2.27. The van der Waals surface area contributed by atoms with Crippen molar-refractivity contribution in [3.05, 3.63) is 23.8 Å². The molecule has 1 saturated heterocycles. The third-order valence-electron chi connectivity index (χ3n) is 3.43. The van der Waals surface area contributed by atoms with E-state index in [4.69, 9.17) is 14.2 Å². The Hall–Kier alpha value is -1.26. The lowest BCUT2D eigenvalue weighted by Crippen LogP contribution is -2.22. The Balaban J connectivity index is 2.19. The highest BCUT2D eigenvalue weighted by Crippen LogP contribution is 2.33. The van der Waals surface area contributed by atoms with Crippen LogP contribution < -0.4 is 9.47 Å². The lowest BCUT2D eigenvalue weighted by molar-refractivity contribution is 0.00706. The number of rotatable bonds is 4. The normalized spacial score (nSPS) is 18.4. The molecule has 2 rings (SSSR count). The van der Waals surface area contributed by atoms with Gasteiger partial charge in [-0.15, -0.1) is 0 Å². The van der Waals surface area contributed by atoms with Crippen molar-refractivity contribution in [3.8, 4) is 11.5 Å². The maximum atomic E-state index is 10.4. The molecule has 1 aliphatic rings. The SMILES string of the molecule is COc1cc(OC)cc(C(O)C2CCOCC2)c1. The van der Waals surface area contributed by atoms with Crippen LogP contribution in [0.4, 0.5) is 0 Å². The Morgan fingerprint density at radius 1 is 1.11 bits per heavy atom. The Kier molecular flexibility index (Phi) is 4.44. The first-order valence-corrected chi connectivity index (χ1v) is 6.23. The van der Waals surface area contributed by atoms with Crippen molar-refractivity contribution in [2.45, 2.75) is 18.9 Å². The number of hydrogen-bond acceptors (Lipinski definition) is 4. The van der Waals surface area contributed by atoms with Gasteiger partial charge in [0.05, 0.1) is 20.3 Å². The van der Waals surface area contributed by atoms with E-state index < -0.39 is 6.10 Å². The van der Waals surface area contributed by atoms with Gasteiger partial charge in [0.15, 0.2) is 0 Å². The topological polar surface area (TPSA) is 47.9 Å². The monoisotopic (exact) mass is 252 g/mol. The number of methoxy groups -OCH3 is 2. The molecule has 1 aromatic rings. The molecule has 0 aromatic heterocycles. The standard InChI is InChI=1S/C14H20O4/c1-16-12-7-11(8-13(9-12)17-2)14(15)10-3-5-18-6-4-10/h7-10,14-15H,3-6H2,1-2H3. The molecule has 0 spiro atoms. The highest BCUT2D eigenvalue weighted by atomic mass is 16.5. The summed E-state index contributed by atoms with van der Waals surface area (Å²) in [5, 5.41) is 10.4. The molecule has 1 atom stereocenters. The zero-order chi connectivity index (χ0) is 13.0. The van der Waals surface area contributed by atoms with Crippen molar-refractivity contribution >= 4 is 0 Å². The molecule has 0 saturated carbocycles. The van der Waals surface area contributed by atoms with Crippen LogP contribution in [0.3, 0.4) is 0 Å². The second kappa shape index (κ2) is 6.07. The predicted octanol–water partition coefficient (Wildman–Crippen LogP) is 2.16. The minimum Gasteiger partial charge on any atom is -0.497 e. The van der Waals surface area contributed by atoms with Gasteiger partial charge >= 0.3 is 0 Å². The van der Waals surface area contributed by atoms with Crippen molar-refractivity contribution in [2.24, 2.45) is 5.92 Å². The summed E-state index contributed by atoms with van der Waals surface area (Å²) in [6, 6.07) is 5.53. The number of aliphatic hydroxyl groups excluding tert-OH is 1. The average molecular weight is 252 g/mol. The Morgan fingerprint density at radius 3 is 2.17 bits per heavy atom. The Bertz CT molecular complexity index is 363. The van der Waals surface area contributed by atoms with Gasteiger partial charge in [-0.3, -0.25) is 0 Å². The summed E-state index contributed by atoms with van der Waals surface area (Å²) < 4.78 is 15.8. The van der Waals surface area contributed by atoms with Crippen LogP contribution in [0, 0.1) is 5.92 Å². The minimum absolute atomic E-state index is 0.246. The molecule has 4 nitrogen and oxygen atoms in total. The van der Waals surface area contributed by atoms with Crippen LogP contribution in [0.1, 0.15) is 24.5 Å². The molecule has 1 aliphatic heterocycles. The number of hydrogen-bond donors (Lipinski definition) is 1. The van der Waals surface area contributed by atoms with Gasteiger partial charge in [-0.2, -0.15) is 0 Å². The van der Waals surface area contributed by atoms with E-state index in [1.54, 1.807) is 20.3 Å². The van der Waals surface area contributed by atoms with E-state index in [0.29, 0.717) is 11.5 Å². The molecule has 1 N–H and O–H groups in total. The third kappa shape index (κ3) is 2.94. The summed E-state index contributed by atoms with van der Waals surface area (Å²) in [5.74, 6) is 1.65. The summed E-state index contributed by atoms with van der Waals surface area (Å²) in [5.41, 5.74) is 0.845. The Morgan fingerprint density at radius 2 is 1.67 bits per heavy atom. The van der Waals surface area contributed by atoms with Crippen LogP contribution in [0.25, 0.3) is 0 Å². The summed E-state index contributed by atoms with van der Waals surface area (Å²) in [6.45, 7) is 1.45. The molecular weight excluding hydrogens is 232 g/mol. The van der Waals surface area contributed by atoms with E-state index in [9.17, 15) is 5.11 Å². The van der Waals surface area contributed by atoms with E-state index in [-0.39, 0.29) is 5.92 Å². The van der Waals surface area contributed by atoms with Gasteiger partial charge in [-0.1, -0.05) is 0 Å².